The Bertz CT molecular complexity index is 850. The molecule has 0 saturated carbocycles. The van der Waals surface area contributed by atoms with Gasteiger partial charge in [-0.05, 0) is 31.0 Å². The lowest BCUT2D eigenvalue weighted by molar-refractivity contribution is -0.127. The minimum Gasteiger partial charge on any atom is -0.345 e. The van der Waals surface area contributed by atoms with E-state index in [1.807, 2.05) is 30.3 Å². The van der Waals surface area contributed by atoms with Gasteiger partial charge in [-0.3, -0.25) is 19.4 Å². The fourth-order valence-electron chi connectivity index (χ4n) is 3.60. The lowest BCUT2D eigenvalue weighted by Gasteiger charge is -2.34. The van der Waals surface area contributed by atoms with Crippen molar-refractivity contribution in [1.29, 1.82) is 0 Å². The van der Waals surface area contributed by atoms with Gasteiger partial charge >= 0.3 is 0 Å². The van der Waals surface area contributed by atoms with E-state index in [1.54, 1.807) is 12.1 Å². The number of nitrogens with one attached hydrogen (secondary N) is 1. The summed E-state index contributed by atoms with van der Waals surface area (Å²) < 4.78 is 14.0. The number of piperazine rings is 1. The first-order chi connectivity index (χ1) is 14.4. The summed E-state index contributed by atoms with van der Waals surface area (Å²) in [5, 5.41) is 3.30. The monoisotopic (exact) mass is 431 g/mol. The molecule has 0 spiro atoms. The van der Waals surface area contributed by atoms with Crippen LogP contribution in [0.2, 0.25) is 5.02 Å². The third-order valence-electron chi connectivity index (χ3n) is 5.38. The van der Waals surface area contributed by atoms with Gasteiger partial charge in [-0.25, -0.2) is 4.39 Å². The van der Waals surface area contributed by atoms with Crippen molar-refractivity contribution in [3.63, 3.8) is 0 Å². The molecule has 1 amide bonds. The molecule has 30 heavy (non-hydrogen) atoms. The van der Waals surface area contributed by atoms with Gasteiger partial charge in [0.05, 0.1) is 12.6 Å². The van der Waals surface area contributed by atoms with Crippen molar-refractivity contribution in [3.8, 4) is 0 Å². The van der Waals surface area contributed by atoms with Crippen molar-refractivity contribution < 1.29 is 14.0 Å². The standard InChI is InChI=1S/C23H27ClFN3O2/c1-17(29)22(14-18-6-3-2-4-7-18)26-23(30)16-28-12-10-27(11-13-28)15-19-20(24)8-5-9-21(19)25/h2-9,22H,10-16H2,1H3,(H,26,30). The summed E-state index contributed by atoms with van der Waals surface area (Å²) in [4.78, 5) is 28.6. The average Bonchev–Trinajstić information content (AvgIpc) is 2.72. The Hall–Kier alpha value is -2.28. The molecule has 160 valence electrons. The topological polar surface area (TPSA) is 52.7 Å². The van der Waals surface area contributed by atoms with E-state index in [9.17, 15) is 14.0 Å². The van der Waals surface area contributed by atoms with E-state index in [4.69, 9.17) is 11.6 Å². The molecule has 1 saturated heterocycles. The molecular weight excluding hydrogens is 405 g/mol. The van der Waals surface area contributed by atoms with E-state index >= 15 is 0 Å². The molecule has 1 atom stereocenters. The molecule has 1 N–H and O–H groups in total. The largest absolute Gasteiger partial charge is 0.345 e. The number of Topliss-reactive ketones (excluding diaryl/α,β-unsaturated/α-hetero) is 1. The Morgan fingerprint density at radius 3 is 2.33 bits per heavy atom. The van der Waals surface area contributed by atoms with Gasteiger partial charge in [0.15, 0.2) is 5.78 Å². The van der Waals surface area contributed by atoms with Gasteiger partial charge in [-0.1, -0.05) is 48.0 Å². The van der Waals surface area contributed by atoms with Gasteiger partial charge in [-0.2, -0.15) is 0 Å². The first kappa shape index (κ1) is 22.4. The molecule has 3 rings (SSSR count). The molecule has 2 aromatic carbocycles. The predicted octanol–water partition coefficient (Wildman–Crippen LogP) is 2.91. The minimum atomic E-state index is -0.524. The van der Waals surface area contributed by atoms with Gasteiger partial charge in [0.1, 0.15) is 5.82 Å². The number of carbonyl (C=O) groups is 2. The Morgan fingerprint density at radius 2 is 1.70 bits per heavy atom. The number of nitrogens with zero attached hydrogens (tertiary/aromatic N) is 2. The summed E-state index contributed by atoms with van der Waals surface area (Å²) in [7, 11) is 0. The second-order valence-electron chi connectivity index (χ2n) is 7.67. The second-order valence-corrected chi connectivity index (χ2v) is 8.08. The van der Waals surface area contributed by atoms with Gasteiger partial charge in [0.2, 0.25) is 5.91 Å². The third-order valence-corrected chi connectivity index (χ3v) is 5.74. The molecule has 0 aromatic heterocycles. The number of hydrogen-bond donors (Lipinski definition) is 1. The third kappa shape index (κ3) is 6.36. The van der Waals surface area contributed by atoms with Crippen molar-refractivity contribution in [3.05, 3.63) is 70.5 Å². The quantitative estimate of drug-likeness (QED) is 0.698. The summed E-state index contributed by atoms with van der Waals surface area (Å²) in [5.74, 6) is -0.506. The maximum atomic E-state index is 14.0. The highest BCUT2D eigenvalue weighted by molar-refractivity contribution is 6.31. The molecule has 1 fully saturated rings. The summed E-state index contributed by atoms with van der Waals surface area (Å²) >= 11 is 6.12. The van der Waals surface area contributed by atoms with Gasteiger partial charge in [-0.15, -0.1) is 0 Å². The van der Waals surface area contributed by atoms with E-state index in [0.717, 1.165) is 18.7 Å². The van der Waals surface area contributed by atoms with E-state index in [1.165, 1.54) is 13.0 Å². The zero-order chi connectivity index (χ0) is 21.5. The summed E-state index contributed by atoms with van der Waals surface area (Å²) in [6.07, 6.45) is 0.485. The first-order valence-corrected chi connectivity index (χ1v) is 10.5. The van der Waals surface area contributed by atoms with Crippen LogP contribution in [0, 0.1) is 5.82 Å². The summed E-state index contributed by atoms with van der Waals surface area (Å²) in [6.45, 7) is 5.03. The molecule has 0 aliphatic carbocycles. The van der Waals surface area contributed by atoms with Crippen LogP contribution in [0.25, 0.3) is 0 Å². The normalized spacial score (nSPS) is 16.2. The maximum absolute atomic E-state index is 14.0. The van der Waals surface area contributed by atoms with Crippen LogP contribution in [0.1, 0.15) is 18.1 Å². The van der Waals surface area contributed by atoms with Crippen LogP contribution in [0.5, 0.6) is 0 Å². The zero-order valence-electron chi connectivity index (χ0n) is 17.1. The molecule has 1 aliphatic heterocycles. The van der Waals surface area contributed by atoms with Crippen LogP contribution < -0.4 is 5.32 Å². The van der Waals surface area contributed by atoms with Crippen molar-refractivity contribution >= 4 is 23.3 Å². The van der Waals surface area contributed by atoms with E-state index in [2.05, 4.69) is 15.1 Å². The summed E-state index contributed by atoms with van der Waals surface area (Å²) in [5.41, 5.74) is 1.52. The number of halogens is 2. The number of rotatable bonds is 8. The van der Waals surface area contributed by atoms with Crippen molar-refractivity contribution in [1.82, 2.24) is 15.1 Å². The van der Waals surface area contributed by atoms with Gasteiger partial charge < -0.3 is 5.32 Å². The fourth-order valence-corrected chi connectivity index (χ4v) is 3.82. The molecule has 1 heterocycles. The number of hydrogen-bond acceptors (Lipinski definition) is 4. The van der Waals surface area contributed by atoms with Gasteiger partial charge in [0, 0.05) is 43.3 Å². The van der Waals surface area contributed by atoms with E-state index in [0.29, 0.717) is 36.6 Å². The lowest BCUT2D eigenvalue weighted by Crippen LogP contribution is -2.51. The maximum Gasteiger partial charge on any atom is 0.234 e. The molecule has 5 nitrogen and oxygen atoms in total. The fraction of sp³-hybridized carbons (Fsp3) is 0.391. The van der Waals surface area contributed by atoms with Crippen LogP contribution in [0.15, 0.2) is 48.5 Å². The number of ketones is 1. The van der Waals surface area contributed by atoms with Crippen molar-refractivity contribution in [2.45, 2.75) is 25.9 Å². The summed E-state index contributed by atoms with van der Waals surface area (Å²) in [6, 6.07) is 13.8. The Morgan fingerprint density at radius 1 is 1.03 bits per heavy atom. The number of benzene rings is 2. The van der Waals surface area contributed by atoms with Crippen LogP contribution in [0.3, 0.4) is 0 Å². The van der Waals surface area contributed by atoms with Crippen LogP contribution in [-0.2, 0) is 22.6 Å². The lowest BCUT2D eigenvalue weighted by atomic mass is 10.0. The molecule has 2 aromatic rings. The van der Waals surface area contributed by atoms with E-state index in [-0.39, 0.29) is 24.1 Å². The molecule has 0 radical (unpaired) electrons. The van der Waals surface area contributed by atoms with Crippen LogP contribution in [-0.4, -0.2) is 60.3 Å². The van der Waals surface area contributed by atoms with Crippen LogP contribution in [0.4, 0.5) is 4.39 Å². The highest BCUT2D eigenvalue weighted by Gasteiger charge is 2.23. The highest BCUT2D eigenvalue weighted by Crippen LogP contribution is 2.21. The van der Waals surface area contributed by atoms with Gasteiger partial charge in [0.25, 0.3) is 0 Å². The Balaban J connectivity index is 1.47. The molecule has 1 unspecified atom stereocenters. The molecule has 7 heteroatoms. The highest BCUT2D eigenvalue weighted by atomic mass is 35.5. The second kappa shape index (κ2) is 10.7. The molecule has 0 bridgehead atoms. The Kier molecular flexibility index (Phi) is 7.96. The zero-order valence-corrected chi connectivity index (χ0v) is 17.9. The SMILES string of the molecule is CC(=O)C(Cc1ccccc1)NC(=O)CN1CCN(Cc2c(F)cccc2Cl)CC1. The smallest absolute Gasteiger partial charge is 0.234 e. The average molecular weight is 432 g/mol. The van der Waals surface area contributed by atoms with Crippen LogP contribution >= 0.6 is 11.6 Å². The van der Waals surface area contributed by atoms with E-state index < -0.39 is 6.04 Å². The molecule has 1 aliphatic rings. The molecular formula is C23H27ClFN3O2. The van der Waals surface area contributed by atoms with Crippen molar-refractivity contribution in [2.75, 3.05) is 32.7 Å². The first-order valence-electron chi connectivity index (χ1n) is 10.1. The Labute approximate surface area is 181 Å². The minimum absolute atomic E-state index is 0.0567. The predicted molar refractivity (Wildman–Crippen MR) is 116 cm³/mol. The number of amides is 1. The number of carbonyl (C=O) groups excluding carboxylic acids is 2. The van der Waals surface area contributed by atoms with Crippen molar-refractivity contribution in [2.24, 2.45) is 0 Å².